The molecule has 0 aliphatic rings. The number of carbonyl (C=O) groups excluding carboxylic acids is 1. The van der Waals surface area contributed by atoms with Crippen LogP contribution in [0.5, 0.6) is 0 Å². The lowest BCUT2D eigenvalue weighted by atomic mass is 10.1. The average molecular weight is 347 g/mol. The molecule has 6 nitrogen and oxygen atoms in total. The summed E-state index contributed by atoms with van der Waals surface area (Å²) < 4.78 is 0. The highest BCUT2D eigenvalue weighted by Crippen LogP contribution is 2.19. The molecule has 0 aliphatic carbocycles. The average Bonchev–Trinajstić information content (AvgIpc) is 2.64. The molecule has 0 unspecified atom stereocenters. The van der Waals surface area contributed by atoms with Crippen LogP contribution in [0.4, 0.5) is 22.7 Å². The third-order valence-electron chi connectivity index (χ3n) is 3.74. The molecule has 0 aliphatic heterocycles. The predicted octanol–water partition coefficient (Wildman–Crippen LogP) is 4.52. The number of nitro benzene ring substituents is 1. The van der Waals surface area contributed by atoms with Crippen LogP contribution >= 0.6 is 0 Å². The van der Waals surface area contributed by atoms with Crippen molar-refractivity contribution in [3.05, 3.63) is 94.5 Å². The second kappa shape index (κ2) is 7.94. The van der Waals surface area contributed by atoms with Gasteiger partial charge in [-0.25, -0.2) is 0 Å². The fraction of sp³-hybridized carbons (Fsp3) is 0.0500. The minimum atomic E-state index is -0.463. The van der Waals surface area contributed by atoms with Crippen molar-refractivity contribution in [2.45, 2.75) is 6.42 Å². The number of hydrogen-bond acceptors (Lipinski definition) is 4. The summed E-state index contributed by atoms with van der Waals surface area (Å²) in [5.41, 5.74) is 3.33. The molecule has 3 aromatic rings. The Morgan fingerprint density at radius 2 is 1.38 bits per heavy atom. The van der Waals surface area contributed by atoms with Gasteiger partial charge in [0.15, 0.2) is 0 Å². The molecule has 6 heteroatoms. The lowest BCUT2D eigenvalue weighted by Gasteiger charge is -2.09. The number of nitro groups is 1. The first-order chi connectivity index (χ1) is 12.6. The summed E-state index contributed by atoms with van der Waals surface area (Å²) in [7, 11) is 0. The number of non-ortho nitro benzene ring substituents is 1. The third kappa shape index (κ3) is 4.67. The van der Waals surface area contributed by atoms with Gasteiger partial charge in [-0.2, -0.15) is 0 Å². The number of carbonyl (C=O) groups is 1. The molecule has 0 spiro atoms. The van der Waals surface area contributed by atoms with Crippen LogP contribution < -0.4 is 10.6 Å². The summed E-state index contributed by atoms with van der Waals surface area (Å²) in [5.74, 6) is -0.178. The first kappa shape index (κ1) is 17.2. The van der Waals surface area contributed by atoms with E-state index in [9.17, 15) is 14.9 Å². The fourth-order valence-electron chi connectivity index (χ4n) is 2.45. The molecule has 0 heterocycles. The van der Waals surface area contributed by atoms with Crippen LogP contribution in [-0.2, 0) is 11.2 Å². The van der Waals surface area contributed by atoms with E-state index in [-0.39, 0.29) is 18.0 Å². The van der Waals surface area contributed by atoms with Crippen molar-refractivity contribution >= 4 is 28.7 Å². The van der Waals surface area contributed by atoms with Crippen LogP contribution in [0.2, 0.25) is 0 Å². The van der Waals surface area contributed by atoms with Crippen LogP contribution in [0.25, 0.3) is 0 Å². The Hall–Kier alpha value is -3.67. The van der Waals surface area contributed by atoms with E-state index in [1.807, 2.05) is 54.6 Å². The maximum atomic E-state index is 12.1. The van der Waals surface area contributed by atoms with E-state index >= 15 is 0 Å². The van der Waals surface area contributed by atoms with Gasteiger partial charge in [0.25, 0.3) is 5.69 Å². The minimum Gasteiger partial charge on any atom is -0.356 e. The van der Waals surface area contributed by atoms with Gasteiger partial charge in [-0.15, -0.1) is 0 Å². The van der Waals surface area contributed by atoms with Gasteiger partial charge >= 0.3 is 0 Å². The minimum absolute atomic E-state index is 0.00987. The summed E-state index contributed by atoms with van der Waals surface area (Å²) >= 11 is 0. The maximum Gasteiger partial charge on any atom is 0.269 e. The maximum absolute atomic E-state index is 12.1. The van der Waals surface area contributed by atoms with E-state index in [0.717, 1.165) is 16.9 Å². The Labute approximate surface area is 150 Å². The van der Waals surface area contributed by atoms with Gasteiger partial charge in [-0.1, -0.05) is 30.3 Å². The second-order valence-electron chi connectivity index (χ2n) is 5.72. The largest absolute Gasteiger partial charge is 0.356 e. The standard InChI is InChI=1S/C20H17N3O3/c24-20(14-15-6-12-19(13-7-15)23(25)26)22-18-10-8-17(9-11-18)21-16-4-2-1-3-5-16/h1-13,21H,14H2,(H,22,24). The summed E-state index contributed by atoms with van der Waals surface area (Å²) in [5, 5.41) is 16.7. The van der Waals surface area contributed by atoms with E-state index < -0.39 is 4.92 Å². The monoisotopic (exact) mass is 347 g/mol. The number of benzene rings is 3. The number of rotatable bonds is 6. The molecule has 2 N–H and O–H groups in total. The smallest absolute Gasteiger partial charge is 0.269 e. The number of amides is 1. The predicted molar refractivity (Wildman–Crippen MR) is 102 cm³/mol. The summed E-state index contributed by atoms with van der Waals surface area (Å²) in [6.07, 6.45) is 0.155. The van der Waals surface area contributed by atoms with Crippen molar-refractivity contribution in [2.24, 2.45) is 0 Å². The fourth-order valence-corrected chi connectivity index (χ4v) is 2.45. The van der Waals surface area contributed by atoms with E-state index in [4.69, 9.17) is 0 Å². The zero-order chi connectivity index (χ0) is 18.4. The molecular weight excluding hydrogens is 330 g/mol. The zero-order valence-electron chi connectivity index (χ0n) is 13.9. The van der Waals surface area contributed by atoms with Gasteiger partial charge in [-0.3, -0.25) is 14.9 Å². The highest BCUT2D eigenvalue weighted by Gasteiger charge is 2.08. The molecule has 0 radical (unpaired) electrons. The summed E-state index contributed by atoms with van der Waals surface area (Å²) in [6.45, 7) is 0. The van der Waals surface area contributed by atoms with Gasteiger partial charge in [-0.05, 0) is 42.0 Å². The number of nitrogens with one attached hydrogen (secondary N) is 2. The lowest BCUT2D eigenvalue weighted by molar-refractivity contribution is -0.384. The molecular formula is C20H17N3O3. The van der Waals surface area contributed by atoms with Crippen LogP contribution in [0.3, 0.4) is 0 Å². The highest BCUT2D eigenvalue weighted by molar-refractivity contribution is 5.92. The van der Waals surface area contributed by atoms with Crippen molar-refractivity contribution in [1.82, 2.24) is 0 Å². The summed E-state index contributed by atoms with van der Waals surface area (Å²) in [4.78, 5) is 22.3. The van der Waals surface area contributed by atoms with Crippen molar-refractivity contribution < 1.29 is 9.72 Å². The number of para-hydroxylation sites is 1. The Bertz CT molecular complexity index is 892. The van der Waals surface area contributed by atoms with Crippen molar-refractivity contribution in [3.8, 4) is 0 Å². The number of nitrogens with zero attached hydrogens (tertiary/aromatic N) is 1. The molecule has 3 rings (SSSR count). The highest BCUT2D eigenvalue weighted by atomic mass is 16.6. The van der Waals surface area contributed by atoms with E-state index in [1.165, 1.54) is 12.1 Å². The van der Waals surface area contributed by atoms with Gasteiger partial charge in [0.2, 0.25) is 5.91 Å². The first-order valence-electron chi connectivity index (χ1n) is 8.05. The van der Waals surface area contributed by atoms with Gasteiger partial charge < -0.3 is 10.6 Å². The Kier molecular flexibility index (Phi) is 5.24. The molecule has 0 atom stereocenters. The number of anilines is 3. The van der Waals surface area contributed by atoms with Crippen LogP contribution in [0, 0.1) is 10.1 Å². The quantitative estimate of drug-likeness (QED) is 0.507. The molecule has 0 aromatic heterocycles. The molecule has 0 fully saturated rings. The van der Waals surface area contributed by atoms with E-state index in [2.05, 4.69) is 10.6 Å². The van der Waals surface area contributed by atoms with Crippen LogP contribution in [-0.4, -0.2) is 10.8 Å². The second-order valence-corrected chi connectivity index (χ2v) is 5.72. The van der Waals surface area contributed by atoms with Crippen molar-refractivity contribution in [3.63, 3.8) is 0 Å². The zero-order valence-corrected chi connectivity index (χ0v) is 13.9. The van der Waals surface area contributed by atoms with E-state index in [0.29, 0.717) is 5.69 Å². The van der Waals surface area contributed by atoms with Crippen molar-refractivity contribution in [2.75, 3.05) is 10.6 Å². The Morgan fingerprint density at radius 1 is 0.808 bits per heavy atom. The molecule has 26 heavy (non-hydrogen) atoms. The lowest BCUT2D eigenvalue weighted by Crippen LogP contribution is -2.14. The topological polar surface area (TPSA) is 84.3 Å². The molecule has 3 aromatic carbocycles. The molecule has 0 saturated heterocycles. The van der Waals surface area contributed by atoms with Gasteiger partial charge in [0, 0.05) is 29.2 Å². The van der Waals surface area contributed by atoms with Gasteiger partial charge in [0.1, 0.15) is 0 Å². The van der Waals surface area contributed by atoms with E-state index in [1.54, 1.807) is 12.1 Å². The van der Waals surface area contributed by atoms with Crippen LogP contribution in [0.15, 0.2) is 78.9 Å². The molecule has 0 bridgehead atoms. The SMILES string of the molecule is O=C(Cc1ccc([N+](=O)[O-])cc1)Nc1ccc(Nc2ccccc2)cc1. The molecule has 1 amide bonds. The van der Waals surface area contributed by atoms with Crippen molar-refractivity contribution in [1.29, 1.82) is 0 Å². The molecule has 0 saturated carbocycles. The normalized spacial score (nSPS) is 10.2. The molecule has 130 valence electrons. The van der Waals surface area contributed by atoms with Gasteiger partial charge in [0.05, 0.1) is 11.3 Å². The van der Waals surface area contributed by atoms with Crippen LogP contribution in [0.1, 0.15) is 5.56 Å². The summed E-state index contributed by atoms with van der Waals surface area (Å²) in [6, 6.07) is 23.2. The first-order valence-corrected chi connectivity index (χ1v) is 8.05. The number of hydrogen-bond donors (Lipinski definition) is 2. The Morgan fingerprint density at radius 3 is 2.00 bits per heavy atom. The third-order valence-corrected chi connectivity index (χ3v) is 3.74. The Balaban J connectivity index is 1.56.